The Kier molecular flexibility index (Phi) is 8.16. The smallest absolute Gasteiger partial charge is 0.161 e. The van der Waals surface area contributed by atoms with E-state index in [2.05, 4.69) is 19.2 Å². The van der Waals surface area contributed by atoms with Crippen molar-refractivity contribution in [1.82, 2.24) is 5.32 Å². The zero-order valence-corrected chi connectivity index (χ0v) is 13.7. The van der Waals surface area contributed by atoms with E-state index in [1.54, 1.807) is 0 Å². The van der Waals surface area contributed by atoms with Crippen LogP contribution in [0.25, 0.3) is 0 Å². The quantitative estimate of drug-likeness (QED) is 0.697. The second kappa shape index (κ2) is 9.64. The van der Waals surface area contributed by atoms with Crippen molar-refractivity contribution >= 4 is 0 Å². The van der Waals surface area contributed by atoms with Gasteiger partial charge in [0.25, 0.3) is 0 Å². The van der Waals surface area contributed by atoms with Gasteiger partial charge >= 0.3 is 0 Å². The SMILES string of the molecule is CCOc1cc(CNCC(C)C)ccc1OCC(O)CC. The van der Waals surface area contributed by atoms with E-state index in [0.29, 0.717) is 31.3 Å². The van der Waals surface area contributed by atoms with Gasteiger partial charge in [-0.3, -0.25) is 0 Å². The fraction of sp³-hybridized carbons (Fsp3) is 0.647. The molecule has 0 aromatic heterocycles. The van der Waals surface area contributed by atoms with Crippen molar-refractivity contribution < 1.29 is 14.6 Å². The van der Waals surface area contributed by atoms with Crippen molar-refractivity contribution in [2.24, 2.45) is 5.92 Å². The van der Waals surface area contributed by atoms with Gasteiger partial charge in [0.15, 0.2) is 11.5 Å². The maximum atomic E-state index is 9.59. The summed E-state index contributed by atoms with van der Waals surface area (Å²) < 4.78 is 11.3. The summed E-state index contributed by atoms with van der Waals surface area (Å²) in [6, 6.07) is 5.95. The third-order valence-electron chi connectivity index (χ3n) is 3.09. The lowest BCUT2D eigenvalue weighted by molar-refractivity contribution is 0.102. The first-order valence-electron chi connectivity index (χ1n) is 7.84. The molecule has 21 heavy (non-hydrogen) atoms. The Morgan fingerprint density at radius 3 is 2.52 bits per heavy atom. The molecule has 1 atom stereocenters. The summed E-state index contributed by atoms with van der Waals surface area (Å²) in [4.78, 5) is 0. The van der Waals surface area contributed by atoms with Gasteiger partial charge in [-0.25, -0.2) is 0 Å². The van der Waals surface area contributed by atoms with Gasteiger partial charge in [0.05, 0.1) is 12.7 Å². The highest BCUT2D eigenvalue weighted by atomic mass is 16.5. The van der Waals surface area contributed by atoms with Crippen molar-refractivity contribution in [3.05, 3.63) is 23.8 Å². The first-order valence-corrected chi connectivity index (χ1v) is 7.84. The average Bonchev–Trinajstić information content (AvgIpc) is 2.46. The number of hydrogen-bond donors (Lipinski definition) is 2. The first kappa shape index (κ1) is 17.8. The summed E-state index contributed by atoms with van der Waals surface area (Å²) in [5, 5.41) is 13.0. The minimum atomic E-state index is -0.438. The Labute approximate surface area is 128 Å². The molecule has 1 aromatic carbocycles. The standard InChI is InChI=1S/C17H29NO3/c1-5-15(19)12-21-16-8-7-14(9-17(16)20-6-2)11-18-10-13(3)4/h7-9,13,15,18-19H,5-6,10-12H2,1-4H3. The molecule has 0 spiro atoms. The lowest BCUT2D eigenvalue weighted by Gasteiger charge is -2.15. The van der Waals surface area contributed by atoms with Crippen LogP contribution in [0.3, 0.4) is 0 Å². The van der Waals surface area contributed by atoms with E-state index in [4.69, 9.17) is 9.47 Å². The van der Waals surface area contributed by atoms with Crippen molar-refractivity contribution in [3.8, 4) is 11.5 Å². The number of nitrogens with one attached hydrogen (secondary N) is 1. The van der Waals surface area contributed by atoms with E-state index < -0.39 is 6.10 Å². The third-order valence-corrected chi connectivity index (χ3v) is 3.09. The Morgan fingerprint density at radius 2 is 1.90 bits per heavy atom. The number of ether oxygens (including phenoxy) is 2. The van der Waals surface area contributed by atoms with Crippen LogP contribution in [0.5, 0.6) is 11.5 Å². The van der Waals surface area contributed by atoms with Crippen LogP contribution in [0.15, 0.2) is 18.2 Å². The Hall–Kier alpha value is -1.26. The van der Waals surface area contributed by atoms with Gasteiger partial charge in [-0.05, 0) is 43.5 Å². The van der Waals surface area contributed by atoms with E-state index in [9.17, 15) is 5.11 Å². The zero-order chi connectivity index (χ0) is 15.7. The first-order chi connectivity index (χ1) is 10.1. The summed E-state index contributed by atoms with van der Waals surface area (Å²) in [7, 11) is 0. The largest absolute Gasteiger partial charge is 0.490 e. The molecule has 0 amide bonds. The van der Waals surface area contributed by atoms with E-state index >= 15 is 0 Å². The molecule has 0 saturated heterocycles. The van der Waals surface area contributed by atoms with Gasteiger partial charge in [0.2, 0.25) is 0 Å². The van der Waals surface area contributed by atoms with Gasteiger partial charge in [0, 0.05) is 6.54 Å². The topological polar surface area (TPSA) is 50.7 Å². The van der Waals surface area contributed by atoms with Crippen LogP contribution in [0.4, 0.5) is 0 Å². The number of hydrogen-bond acceptors (Lipinski definition) is 4. The Balaban J connectivity index is 2.66. The maximum absolute atomic E-state index is 9.59. The highest BCUT2D eigenvalue weighted by Crippen LogP contribution is 2.28. The van der Waals surface area contributed by atoms with Gasteiger partial charge in [-0.15, -0.1) is 0 Å². The minimum absolute atomic E-state index is 0.293. The fourth-order valence-electron chi connectivity index (χ4n) is 1.86. The van der Waals surface area contributed by atoms with Crippen LogP contribution in [-0.4, -0.2) is 31.0 Å². The fourth-order valence-corrected chi connectivity index (χ4v) is 1.86. The summed E-state index contributed by atoms with van der Waals surface area (Å²) >= 11 is 0. The number of rotatable bonds is 10. The minimum Gasteiger partial charge on any atom is -0.490 e. The lowest BCUT2D eigenvalue weighted by atomic mass is 10.1. The summed E-state index contributed by atoms with van der Waals surface area (Å²) in [6.07, 6.45) is 0.244. The molecule has 0 aliphatic rings. The molecule has 2 N–H and O–H groups in total. The molecular weight excluding hydrogens is 266 g/mol. The van der Waals surface area contributed by atoms with Crippen LogP contribution in [-0.2, 0) is 6.54 Å². The van der Waals surface area contributed by atoms with Crippen molar-refractivity contribution in [3.63, 3.8) is 0 Å². The normalized spacial score (nSPS) is 12.5. The number of aliphatic hydroxyl groups is 1. The van der Waals surface area contributed by atoms with Crippen molar-refractivity contribution in [1.29, 1.82) is 0 Å². The van der Waals surface area contributed by atoms with Crippen LogP contribution < -0.4 is 14.8 Å². The van der Waals surface area contributed by atoms with Gasteiger partial charge in [-0.1, -0.05) is 26.8 Å². The van der Waals surface area contributed by atoms with Crippen LogP contribution in [0.2, 0.25) is 0 Å². The highest BCUT2D eigenvalue weighted by molar-refractivity contribution is 5.43. The van der Waals surface area contributed by atoms with Gasteiger partial charge in [-0.2, -0.15) is 0 Å². The van der Waals surface area contributed by atoms with Gasteiger partial charge < -0.3 is 19.9 Å². The molecule has 120 valence electrons. The predicted molar refractivity (Wildman–Crippen MR) is 85.9 cm³/mol. The van der Waals surface area contributed by atoms with Crippen LogP contribution >= 0.6 is 0 Å². The van der Waals surface area contributed by atoms with Crippen LogP contribution in [0, 0.1) is 5.92 Å². The molecule has 0 bridgehead atoms. The third kappa shape index (κ3) is 6.82. The lowest BCUT2D eigenvalue weighted by Crippen LogP contribution is -2.19. The summed E-state index contributed by atoms with van der Waals surface area (Å²) in [5.41, 5.74) is 1.17. The maximum Gasteiger partial charge on any atom is 0.161 e. The van der Waals surface area contributed by atoms with E-state index in [1.165, 1.54) is 5.56 Å². The van der Waals surface area contributed by atoms with E-state index in [0.717, 1.165) is 18.8 Å². The second-order valence-electron chi connectivity index (χ2n) is 5.61. The number of aliphatic hydroxyl groups excluding tert-OH is 1. The zero-order valence-electron chi connectivity index (χ0n) is 13.7. The molecule has 0 aliphatic carbocycles. The molecule has 0 radical (unpaired) electrons. The highest BCUT2D eigenvalue weighted by Gasteiger charge is 2.09. The van der Waals surface area contributed by atoms with Crippen molar-refractivity contribution in [2.45, 2.75) is 46.8 Å². The van der Waals surface area contributed by atoms with E-state index in [1.807, 2.05) is 32.0 Å². The molecule has 4 heteroatoms. The molecule has 0 fully saturated rings. The summed E-state index contributed by atoms with van der Waals surface area (Å²) in [6.45, 7) is 11.0. The monoisotopic (exact) mass is 295 g/mol. The molecule has 4 nitrogen and oxygen atoms in total. The molecule has 1 rings (SSSR count). The molecule has 0 saturated carbocycles. The predicted octanol–water partition coefficient (Wildman–Crippen LogP) is 2.98. The second-order valence-corrected chi connectivity index (χ2v) is 5.61. The van der Waals surface area contributed by atoms with Gasteiger partial charge in [0.1, 0.15) is 6.61 Å². The molecule has 1 aromatic rings. The Bertz CT molecular complexity index is 407. The van der Waals surface area contributed by atoms with E-state index in [-0.39, 0.29) is 0 Å². The van der Waals surface area contributed by atoms with Crippen LogP contribution in [0.1, 0.15) is 39.7 Å². The average molecular weight is 295 g/mol. The summed E-state index contributed by atoms with van der Waals surface area (Å²) in [5.74, 6) is 2.07. The van der Waals surface area contributed by atoms with Crippen molar-refractivity contribution in [2.75, 3.05) is 19.8 Å². The number of benzene rings is 1. The Morgan fingerprint density at radius 1 is 1.14 bits per heavy atom. The molecule has 0 heterocycles. The molecule has 0 aliphatic heterocycles. The molecule has 1 unspecified atom stereocenters. The molecular formula is C17H29NO3.